The molecule has 0 aliphatic carbocycles. The highest BCUT2D eigenvalue weighted by Crippen LogP contribution is 2.17. The van der Waals surface area contributed by atoms with Crippen LogP contribution in [0, 0.1) is 11.8 Å². The summed E-state index contributed by atoms with van der Waals surface area (Å²) in [5.41, 5.74) is 5.58. The fourth-order valence-electron chi connectivity index (χ4n) is 2.28. The normalized spacial score (nSPS) is 14.2. The zero-order valence-corrected chi connectivity index (χ0v) is 12.4. The van der Waals surface area contributed by atoms with E-state index in [1.54, 1.807) is 0 Å². The van der Waals surface area contributed by atoms with Gasteiger partial charge in [-0.3, -0.25) is 4.79 Å². The summed E-state index contributed by atoms with van der Waals surface area (Å²) in [5.74, 6) is 1.02. The first kappa shape index (κ1) is 17.4. The van der Waals surface area contributed by atoms with Crippen LogP contribution < -0.4 is 5.73 Å². The van der Waals surface area contributed by atoms with Gasteiger partial charge in [-0.1, -0.05) is 40.0 Å². The lowest BCUT2D eigenvalue weighted by molar-refractivity contribution is -0.145. The van der Waals surface area contributed by atoms with Gasteiger partial charge in [0.2, 0.25) is 0 Å². The molecule has 2 N–H and O–H groups in total. The Kier molecular flexibility index (Phi) is 11.2. The second-order valence-electron chi connectivity index (χ2n) is 5.35. The molecule has 108 valence electrons. The minimum Gasteiger partial charge on any atom is -0.465 e. The second kappa shape index (κ2) is 11.5. The molecule has 18 heavy (non-hydrogen) atoms. The van der Waals surface area contributed by atoms with Gasteiger partial charge in [-0.15, -0.1) is 0 Å². The van der Waals surface area contributed by atoms with Crippen molar-refractivity contribution >= 4 is 5.97 Å². The van der Waals surface area contributed by atoms with E-state index in [9.17, 15) is 4.79 Å². The van der Waals surface area contributed by atoms with Crippen LogP contribution in [0.15, 0.2) is 0 Å². The highest BCUT2D eigenvalue weighted by atomic mass is 16.5. The largest absolute Gasteiger partial charge is 0.465 e. The quantitative estimate of drug-likeness (QED) is 0.576. The molecule has 3 heteroatoms. The Hall–Kier alpha value is -0.570. The molecule has 0 spiro atoms. The van der Waals surface area contributed by atoms with Crippen LogP contribution in [0.5, 0.6) is 0 Å². The van der Waals surface area contributed by atoms with Gasteiger partial charge in [-0.05, 0) is 37.6 Å². The standard InChI is InChI=1S/C15H31NO2/c1-4-6-13(3)12-18-15(17)9-8-14(7-5-2)10-11-16/h13-14H,4-12,16H2,1-3H3. The average Bonchev–Trinajstić information content (AvgIpc) is 2.34. The fourth-order valence-corrected chi connectivity index (χ4v) is 2.28. The predicted octanol–water partition coefficient (Wildman–Crippen LogP) is 3.51. The van der Waals surface area contributed by atoms with Gasteiger partial charge in [-0.25, -0.2) is 0 Å². The summed E-state index contributed by atoms with van der Waals surface area (Å²) in [7, 11) is 0. The van der Waals surface area contributed by atoms with E-state index in [1.807, 2.05) is 0 Å². The Morgan fingerprint density at radius 1 is 1.11 bits per heavy atom. The molecular weight excluding hydrogens is 226 g/mol. The maximum atomic E-state index is 11.6. The lowest BCUT2D eigenvalue weighted by Crippen LogP contribution is -2.14. The highest BCUT2D eigenvalue weighted by molar-refractivity contribution is 5.69. The van der Waals surface area contributed by atoms with E-state index < -0.39 is 0 Å². The van der Waals surface area contributed by atoms with Crippen LogP contribution in [0.3, 0.4) is 0 Å². The molecule has 0 aliphatic rings. The molecule has 0 bridgehead atoms. The first-order chi connectivity index (χ1) is 8.63. The Labute approximate surface area is 112 Å². The summed E-state index contributed by atoms with van der Waals surface area (Å²) in [6, 6.07) is 0. The molecule has 0 aromatic carbocycles. The van der Waals surface area contributed by atoms with E-state index in [1.165, 1.54) is 0 Å². The summed E-state index contributed by atoms with van der Waals surface area (Å²) in [5, 5.41) is 0. The molecule has 3 nitrogen and oxygen atoms in total. The minimum absolute atomic E-state index is 0.0453. The molecule has 0 fully saturated rings. The van der Waals surface area contributed by atoms with Crippen molar-refractivity contribution in [2.45, 2.75) is 65.7 Å². The molecule has 0 saturated carbocycles. The van der Waals surface area contributed by atoms with Gasteiger partial charge in [0, 0.05) is 6.42 Å². The molecule has 0 aromatic rings. The van der Waals surface area contributed by atoms with E-state index in [2.05, 4.69) is 20.8 Å². The van der Waals surface area contributed by atoms with Crippen molar-refractivity contribution in [1.82, 2.24) is 0 Å². The molecule has 0 heterocycles. The summed E-state index contributed by atoms with van der Waals surface area (Å²) in [6.45, 7) is 7.75. The van der Waals surface area contributed by atoms with Crippen LogP contribution in [0.2, 0.25) is 0 Å². The number of carbonyl (C=O) groups excluding carboxylic acids is 1. The third-order valence-electron chi connectivity index (χ3n) is 3.34. The van der Waals surface area contributed by atoms with Crippen molar-refractivity contribution < 1.29 is 9.53 Å². The van der Waals surface area contributed by atoms with Crippen molar-refractivity contribution in [3.05, 3.63) is 0 Å². The van der Waals surface area contributed by atoms with Crippen LogP contribution in [-0.2, 0) is 9.53 Å². The molecule has 2 unspecified atom stereocenters. The molecule has 0 amide bonds. The van der Waals surface area contributed by atoms with Gasteiger partial charge in [0.1, 0.15) is 0 Å². The summed E-state index contributed by atoms with van der Waals surface area (Å²) in [4.78, 5) is 11.6. The maximum Gasteiger partial charge on any atom is 0.305 e. The number of nitrogens with two attached hydrogens (primary N) is 1. The van der Waals surface area contributed by atoms with Crippen LogP contribution in [0.1, 0.15) is 65.7 Å². The second-order valence-corrected chi connectivity index (χ2v) is 5.35. The third-order valence-corrected chi connectivity index (χ3v) is 3.34. The zero-order valence-electron chi connectivity index (χ0n) is 12.4. The van der Waals surface area contributed by atoms with Crippen molar-refractivity contribution in [1.29, 1.82) is 0 Å². The third kappa shape index (κ3) is 9.46. The lowest BCUT2D eigenvalue weighted by atomic mass is 9.94. The van der Waals surface area contributed by atoms with Gasteiger partial charge in [0.25, 0.3) is 0 Å². The van der Waals surface area contributed by atoms with Gasteiger partial charge in [-0.2, -0.15) is 0 Å². The highest BCUT2D eigenvalue weighted by Gasteiger charge is 2.11. The van der Waals surface area contributed by atoms with E-state index in [0.717, 1.165) is 38.5 Å². The average molecular weight is 257 g/mol. The van der Waals surface area contributed by atoms with Crippen molar-refractivity contribution in [3.63, 3.8) is 0 Å². The molecule has 0 rings (SSSR count). The topological polar surface area (TPSA) is 52.3 Å². The van der Waals surface area contributed by atoms with Gasteiger partial charge in [0.15, 0.2) is 0 Å². The van der Waals surface area contributed by atoms with E-state index in [-0.39, 0.29) is 5.97 Å². The van der Waals surface area contributed by atoms with Crippen molar-refractivity contribution in [2.75, 3.05) is 13.2 Å². The number of ether oxygens (including phenoxy) is 1. The number of carbonyl (C=O) groups is 1. The molecule has 0 radical (unpaired) electrons. The maximum absolute atomic E-state index is 11.6. The number of hydrogen-bond acceptors (Lipinski definition) is 3. The minimum atomic E-state index is -0.0453. The Morgan fingerprint density at radius 2 is 1.78 bits per heavy atom. The number of rotatable bonds is 11. The van der Waals surface area contributed by atoms with Crippen LogP contribution in [0.25, 0.3) is 0 Å². The Morgan fingerprint density at radius 3 is 2.33 bits per heavy atom. The molecule has 0 saturated heterocycles. The molecule has 2 atom stereocenters. The van der Waals surface area contributed by atoms with Crippen molar-refractivity contribution in [3.8, 4) is 0 Å². The first-order valence-corrected chi connectivity index (χ1v) is 7.49. The number of esters is 1. The van der Waals surface area contributed by atoms with Gasteiger partial charge in [0.05, 0.1) is 6.61 Å². The predicted molar refractivity (Wildman–Crippen MR) is 76.3 cm³/mol. The summed E-state index contributed by atoms with van der Waals surface area (Å²) < 4.78 is 5.29. The van der Waals surface area contributed by atoms with Gasteiger partial charge >= 0.3 is 5.97 Å². The summed E-state index contributed by atoms with van der Waals surface area (Å²) >= 11 is 0. The number of hydrogen-bond donors (Lipinski definition) is 1. The summed E-state index contributed by atoms with van der Waals surface area (Å²) in [6.07, 6.45) is 7.08. The van der Waals surface area contributed by atoms with Crippen LogP contribution >= 0.6 is 0 Å². The van der Waals surface area contributed by atoms with Crippen LogP contribution in [-0.4, -0.2) is 19.1 Å². The Balaban J connectivity index is 3.72. The van der Waals surface area contributed by atoms with Crippen LogP contribution in [0.4, 0.5) is 0 Å². The smallest absolute Gasteiger partial charge is 0.305 e. The molecular formula is C15H31NO2. The van der Waals surface area contributed by atoms with E-state index >= 15 is 0 Å². The Bertz CT molecular complexity index is 201. The molecule has 0 aliphatic heterocycles. The van der Waals surface area contributed by atoms with Gasteiger partial charge < -0.3 is 10.5 Å². The molecule has 0 aromatic heterocycles. The fraction of sp³-hybridized carbons (Fsp3) is 0.933. The van der Waals surface area contributed by atoms with Crippen molar-refractivity contribution in [2.24, 2.45) is 17.6 Å². The zero-order chi connectivity index (χ0) is 13.8. The first-order valence-electron chi connectivity index (χ1n) is 7.49. The SMILES string of the molecule is CCCC(C)COC(=O)CCC(CCC)CCN. The van der Waals surface area contributed by atoms with E-state index in [0.29, 0.717) is 31.4 Å². The monoisotopic (exact) mass is 257 g/mol. The lowest BCUT2D eigenvalue weighted by Gasteiger charge is -2.15. The van der Waals surface area contributed by atoms with E-state index in [4.69, 9.17) is 10.5 Å².